The molecular formula is C31H50O6Si. The molecule has 7 heteroatoms. The third-order valence-electron chi connectivity index (χ3n) is 7.67. The zero-order valence-electron chi connectivity index (χ0n) is 24.7. The lowest BCUT2D eigenvalue weighted by molar-refractivity contribution is -0.136. The number of rotatable bonds is 17. The van der Waals surface area contributed by atoms with Crippen LogP contribution in [0, 0.1) is 11.8 Å². The molecule has 0 fully saturated rings. The van der Waals surface area contributed by atoms with Gasteiger partial charge in [-0.15, -0.1) is 0 Å². The van der Waals surface area contributed by atoms with E-state index in [1.807, 2.05) is 61.5 Å². The van der Waals surface area contributed by atoms with Gasteiger partial charge >= 0.3 is 0 Å². The number of aliphatic hydroxyl groups is 1. The highest BCUT2D eigenvalue weighted by molar-refractivity contribution is 6.74. The Hall–Kier alpha value is -1.74. The molecular weight excluding hydrogens is 496 g/mol. The van der Waals surface area contributed by atoms with Crippen molar-refractivity contribution in [3.63, 3.8) is 0 Å². The highest BCUT2D eigenvalue weighted by atomic mass is 28.4. The number of hydrogen-bond acceptors (Lipinski definition) is 6. The molecule has 4 atom stereocenters. The molecule has 2 aromatic carbocycles. The van der Waals surface area contributed by atoms with Crippen LogP contribution in [0.2, 0.25) is 18.1 Å². The summed E-state index contributed by atoms with van der Waals surface area (Å²) in [4.78, 5) is 0. The Kier molecular flexibility index (Phi) is 13.5. The average Bonchev–Trinajstić information content (AvgIpc) is 2.90. The zero-order valence-corrected chi connectivity index (χ0v) is 25.7. The second-order valence-corrected chi connectivity index (χ2v) is 16.6. The minimum Gasteiger partial charge on any atom is -0.497 e. The van der Waals surface area contributed by atoms with Gasteiger partial charge in [-0.1, -0.05) is 77.1 Å². The largest absolute Gasteiger partial charge is 0.497 e. The Morgan fingerprint density at radius 1 is 0.868 bits per heavy atom. The molecule has 0 aromatic heterocycles. The van der Waals surface area contributed by atoms with Crippen molar-refractivity contribution < 1.29 is 28.5 Å². The van der Waals surface area contributed by atoms with Crippen molar-refractivity contribution in [3.05, 3.63) is 65.7 Å². The Balaban J connectivity index is 1.92. The van der Waals surface area contributed by atoms with E-state index in [1.54, 1.807) is 7.11 Å². The molecule has 0 aliphatic heterocycles. The fourth-order valence-corrected chi connectivity index (χ4v) is 4.98. The quantitative estimate of drug-likeness (QED) is 0.133. The Morgan fingerprint density at radius 3 is 2.08 bits per heavy atom. The predicted molar refractivity (Wildman–Crippen MR) is 156 cm³/mol. The topological polar surface area (TPSA) is 66.4 Å². The van der Waals surface area contributed by atoms with Gasteiger partial charge in [-0.25, -0.2) is 0 Å². The monoisotopic (exact) mass is 546 g/mol. The molecule has 0 amide bonds. The molecule has 214 valence electrons. The van der Waals surface area contributed by atoms with Gasteiger partial charge in [-0.3, -0.25) is 0 Å². The highest BCUT2D eigenvalue weighted by Gasteiger charge is 2.38. The molecule has 6 nitrogen and oxygen atoms in total. The summed E-state index contributed by atoms with van der Waals surface area (Å²) in [5.41, 5.74) is 2.18. The summed E-state index contributed by atoms with van der Waals surface area (Å²) in [5, 5.41) is 11.4. The smallest absolute Gasteiger partial charge is 0.191 e. The van der Waals surface area contributed by atoms with Crippen molar-refractivity contribution in [2.45, 2.75) is 84.6 Å². The van der Waals surface area contributed by atoms with Crippen molar-refractivity contribution >= 4 is 8.32 Å². The lowest BCUT2D eigenvalue weighted by atomic mass is 9.88. The third-order valence-corrected chi connectivity index (χ3v) is 12.2. The molecule has 0 unspecified atom stereocenters. The van der Waals surface area contributed by atoms with Crippen LogP contribution >= 0.6 is 0 Å². The standard InChI is InChI=1S/C31H50O6Si/c1-24(20-37-38(7,8)31(3,4)5)30(32)25(2)29(36-23-35-22-26-12-10-9-11-13-26)18-19-34-21-27-14-16-28(33-6)17-15-27/h9-17,24-25,29-30,32H,18-23H2,1-8H3/t24-,25-,29+,30+/m1/s1. The van der Waals surface area contributed by atoms with Crippen LogP contribution < -0.4 is 4.74 Å². The summed E-state index contributed by atoms with van der Waals surface area (Å²) in [7, 11) is -0.230. The van der Waals surface area contributed by atoms with Crippen LogP contribution in [0.3, 0.4) is 0 Å². The van der Waals surface area contributed by atoms with Gasteiger partial charge in [0.25, 0.3) is 0 Å². The Bertz CT molecular complexity index is 897. The van der Waals surface area contributed by atoms with Crippen LogP contribution in [0.25, 0.3) is 0 Å². The van der Waals surface area contributed by atoms with Gasteiger partial charge in [-0.05, 0) is 47.8 Å². The second-order valence-electron chi connectivity index (χ2n) is 11.7. The number of benzene rings is 2. The van der Waals surface area contributed by atoms with Gasteiger partial charge in [0.2, 0.25) is 0 Å². The molecule has 38 heavy (non-hydrogen) atoms. The molecule has 0 radical (unpaired) electrons. The van der Waals surface area contributed by atoms with Crippen LogP contribution in [0.15, 0.2) is 54.6 Å². The van der Waals surface area contributed by atoms with Crippen LogP contribution in [0.1, 0.15) is 52.2 Å². The summed E-state index contributed by atoms with van der Waals surface area (Å²) in [6.07, 6.45) is -0.133. The van der Waals surface area contributed by atoms with Gasteiger partial charge in [0.15, 0.2) is 8.32 Å². The van der Waals surface area contributed by atoms with E-state index >= 15 is 0 Å². The van der Waals surface area contributed by atoms with Crippen molar-refractivity contribution in [2.75, 3.05) is 27.1 Å². The van der Waals surface area contributed by atoms with E-state index in [4.69, 9.17) is 23.4 Å². The zero-order chi connectivity index (χ0) is 28.2. The molecule has 0 aliphatic carbocycles. The average molecular weight is 547 g/mol. The minimum atomic E-state index is -1.89. The van der Waals surface area contributed by atoms with E-state index < -0.39 is 14.4 Å². The number of aliphatic hydroxyl groups excluding tert-OH is 1. The maximum absolute atomic E-state index is 11.2. The Morgan fingerprint density at radius 2 is 1.47 bits per heavy atom. The van der Waals surface area contributed by atoms with E-state index in [9.17, 15) is 5.11 Å². The molecule has 0 saturated heterocycles. The second kappa shape index (κ2) is 15.7. The lowest BCUT2D eigenvalue weighted by Crippen LogP contribution is -2.44. The van der Waals surface area contributed by atoms with Crippen LogP contribution in [-0.4, -0.2) is 52.7 Å². The first-order valence-electron chi connectivity index (χ1n) is 13.7. The number of ether oxygens (including phenoxy) is 4. The molecule has 0 spiro atoms. The van der Waals surface area contributed by atoms with Crippen molar-refractivity contribution in [1.29, 1.82) is 0 Å². The SMILES string of the molecule is COc1ccc(COCC[C@H](OCOCc2ccccc2)[C@@H](C)[C@@H](O)[C@H](C)CO[Si](C)(C)C(C)(C)C)cc1. The summed E-state index contributed by atoms with van der Waals surface area (Å²) < 4.78 is 29.5. The van der Waals surface area contributed by atoms with E-state index in [-0.39, 0.29) is 29.8 Å². The maximum atomic E-state index is 11.2. The van der Waals surface area contributed by atoms with Crippen LogP contribution in [0.5, 0.6) is 5.75 Å². The van der Waals surface area contributed by atoms with Crippen LogP contribution in [-0.2, 0) is 31.9 Å². The first-order valence-corrected chi connectivity index (χ1v) is 16.6. The maximum Gasteiger partial charge on any atom is 0.191 e. The first-order chi connectivity index (χ1) is 17.9. The fraction of sp³-hybridized carbons (Fsp3) is 0.613. The van der Waals surface area contributed by atoms with Gasteiger partial charge in [0.05, 0.1) is 32.5 Å². The molecule has 0 saturated carbocycles. The van der Waals surface area contributed by atoms with Crippen molar-refractivity contribution in [1.82, 2.24) is 0 Å². The van der Waals surface area contributed by atoms with Crippen LogP contribution in [0.4, 0.5) is 0 Å². The van der Waals surface area contributed by atoms with E-state index in [0.717, 1.165) is 16.9 Å². The summed E-state index contributed by atoms with van der Waals surface area (Å²) >= 11 is 0. The third kappa shape index (κ3) is 10.8. The van der Waals surface area contributed by atoms with Gasteiger partial charge < -0.3 is 28.5 Å². The summed E-state index contributed by atoms with van der Waals surface area (Å²) in [6, 6.07) is 17.9. The molecule has 0 bridgehead atoms. The molecule has 2 aromatic rings. The van der Waals surface area contributed by atoms with E-state index in [2.05, 4.69) is 40.8 Å². The minimum absolute atomic E-state index is 0.0179. The van der Waals surface area contributed by atoms with Gasteiger partial charge in [-0.2, -0.15) is 0 Å². The van der Waals surface area contributed by atoms with E-state index in [1.165, 1.54) is 0 Å². The predicted octanol–water partition coefficient (Wildman–Crippen LogP) is 6.82. The lowest BCUT2D eigenvalue weighted by Gasteiger charge is -2.38. The first kappa shape index (κ1) is 32.5. The summed E-state index contributed by atoms with van der Waals surface area (Å²) in [6.45, 7) is 17.5. The van der Waals surface area contributed by atoms with Crippen molar-refractivity contribution in [3.8, 4) is 5.75 Å². The van der Waals surface area contributed by atoms with Crippen molar-refractivity contribution in [2.24, 2.45) is 11.8 Å². The molecule has 2 rings (SSSR count). The van der Waals surface area contributed by atoms with E-state index in [0.29, 0.717) is 32.8 Å². The van der Waals surface area contributed by atoms with Gasteiger partial charge in [0, 0.05) is 25.0 Å². The molecule has 0 aliphatic rings. The highest BCUT2D eigenvalue weighted by Crippen LogP contribution is 2.37. The molecule has 0 heterocycles. The Labute approximate surface area is 231 Å². The molecule has 1 N–H and O–H groups in total. The number of methoxy groups -OCH3 is 1. The summed E-state index contributed by atoms with van der Waals surface area (Å²) in [5.74, 6) is 0.695. The normalized spacial score (nSPS) is 15.6. The number of hydrogen-bond donors (Lipinski definition) is 1. The van der Waals surface area contributed by atoms with Gasteiger partial charge in [0.1, 0.15) is 12.5 Å². The fourth-order valence-electron chi connectivity index (χ4n) is 3.87.